The lowest BCUT2D eigenvalue weighted by Crippen LogP contribution is -2.26. The first-order valence-electron chi connectivity index (χ1n) is 5.68. The molecule has 0 fully saturated rings. The zero-order valence-corrected chi connectivity index (χ0v) is 10.4. The van der Waals surface area contributed by atoms with E-state index < -0.39 is 11.4 Å². The van der Waals surface area contributed by atoms with Crippen LogP contribution in [0, 0.1) is 5.41 Å². The average molecular weight is 231 g/mol. The smallest absolute Gasteiger partial charge is 0.309 e. The average Bonchev–Trinajstić information content (AvgIpc) is 2.56. The van der Waals surface area contributed by atoms with Crippen LogP contribution < -0.4 is 0 Å². The van der Waals surface area contributed by atoms with Crippen LogP contribution in [0.15, 0.2) is 30.5 Å². The topological polar surface area (TPSA) is 42.2 Å². The Balaban J connectivity index is 2.47. The molecule has 3 nitrogen and oxygen atoms in total. The van der Waals surface area contributed by atoms with Gasteiger partial charge in [0.2, 0.25) is 0 Å². The number of carboxylic acid groups (broad SMARTS) is 1. The molecule has 0 amide bonds. The van der Waals surface area contributed by atoms with E-state index in [1.165, 1.54) is 0 Å². The van der Waals surface area contributed by atoms with Crippen molar-refractivity contribution in [3.63, 3.8) is 0 Å². The third-order valence-electron chi connectivity index (χ3n) is 3.19. The molecule has 1 N–H and O–H groups in total. The van der Waals surface area contributed by atoms with Gasteiger partial charge in [0.05, 0.1) is 5.41 Å². The van der Waals surface area contributed by atoms with Gasteiger partial charge in [0.1, 0.15) is 0 Å². The van der Waals surface area contributed by atoms with Crippen LogP contribution in [0.3, 0.4) is 0 Å². The van der Waals surface area contributed by atoms with Crippen molar-refractivity contribution < 1.29 is 9.90 Å². The molecule has 1 heterocycles. The summed E-state index contributed by atoms with van der Waals surface area (Å²) in [6.07, 6.45) is 2.57. The molecule has 0 atom stereocenters. The maximum Gasteiger partial charge on any atom is 0.309 e. The van der Waals surface area contributed by atoms with Gasteiger partial charge in [-0.3, -0.25) is 4.79 Å². The Morgan fingerprint density at radius 3 is 2.65 bits per heavy atom. The standard InChI is InChI=1S/C14H17NO2/c1-14(2,13(16)17)8-10-9-15(3)12-7-5-4-6-11(10)12/h4-7,9H,8H2,1-3H3,(H,16,17). The predicted molar refractivity (Wildman–Crippen MR) is 68.0 cm³/mol. The van der Waals surface area contributed by atoms with E-state index in [0.29, 0.717) is 6.42 Å². The number of carboxylic acids is 1. The summed E-state index contributed by atoms with van der Waals surface area (Å²) in [5, 5.41) is 10.3. The van der Waals surface area contributed by atoms with Crippen molar-refractivity contribution in [2.45, 2.75) is 20.3 Å². The first-order chi connectivity index (χ1) is 7.92. The van der Waals surface area contributed by atoms with Crippen molar-refractivity contribution in [3.8, 4) is 0 Å². The summed E-state index contributed by atoms with van der Waals surface area (Å²) in [5.74, 6) is -0.759. The van der Waals surface area contributed by atoms with Crippen molar-refractivity contribution in [3.05, 3.63) is 36.0 Å². The molecule has 90 valence electrons. The fourth-order valence-electron chi connectivity index (χ4n) is 2.12. The van der Waals surface area contributed by atoms with Crippen molar-refractivity contribution in [2.24, 2.45) is 12.5 Å². The van der Waals surface area contributed by atoms with Gasteiger partial charge in [0, 0.05) is 24.1 Å². The zero-order valence-electron chi connectivity index (χ0n) is 10.4. The number of para-hydroxylation sites is 1. The number of carbonyl (C=O) groups is 1. The van der Waals surface area contributed by atoms with Crippen molar-refractivity contribution in [2.75, 3.05) is 0 Å². The Kier molecular flexibility index (Phi) is 2.69. The Morgan fingerprint density at radius 2 is 2.00 bits per heavy atom. The zero-order chi connectivity index (χ0) is 12.6. The fraction of sp³-hybridized carbons (Fsp3) is 0.357. The minimum atomic E-state index is -0.759. The van der Waals surface area contributed by atoms with E-state index in [1.807, 2.05) is 42.1 Å². The summed E-state index contributed by atoms with van der Waals surface area (Å²) < 4.78 is 2.04. The van der Waals surface area contributed by atoms with E-state index >= 15 is 0 Å². The molecule has 1 aromatic carbocycles. The summed E-state index contributed by atoms with van der Waals surface area (Å²) >= 11 is 0. The van der Waals surface area contributed by atoms with Gasteiger partial charge in [-0.05, 0) is 31.9 Å². The molecule has 3 heteroatoms. The summed E-state index contributed by atoms with van der Waals surface area (Å²) in [6, 6.07) is 8.07. The molecule has 0 aliphatic heterocycles. The number of fused-ring (bicyclic) bond motifs is 1. The second-order valence-corrected chi connectivity index (χ2v) is 5.15. The minimum Gasteiger partial charge on any atom is -0.481 e. The van der Waals surface area contributed by atoms with E-state index in [-0.39, 0.29) is 0 Å². The van der Waals surface area contributed by atoms with Gasteiger partial charge in [-0.1, -0.05) is 18.2 Å². The maximum atomic E-state index is 11.2. The predicted octanol–water partition coefficient (Wildman–Crippen LogP) is 2.83. The van der Waals surface area contributed by atoms with Gasteiger partial charge in [-0.2, -0.15) is 0 Å². The molecule has 2 aromatic rings. The lowest BCUT2D eigenvalue weighted by Gasteiger charge is -2.18. The molecule has 0 unspecified atom stereocenters. The summed E-state index contributed by atoms with van der Waals surface area (Å²) in [5.41, 5.74) is 1.50. The van der Waals surface area contributed by atoms with Crippen molar-refractivity contribution in [1.82, 2.24) is 4.57 Å². The lowest BCUT2D eigenvalue weighted by molar-refractivity contribution is -0.146. The van der Waals surface area contributed by atoms with E-state index in [1.54, 1.807) is 13.8 Å². The quantitative estimate of drug-likeness (QED) is 0.882. The monoisotopic (exact) mass is 231 g/mol. The molecular formula is C14H17NO2. The molecular weight excluding hydrogens is 214 g/mol. The van der Waals surface area contributed by atoms with Crippen LogP contribution in [0.2, 0.25) is 0 Å². The Bertz CT molecular complexity index is 567. The van der Waals surface area contributed by atoms with Crippen LogP contribution in [-0.2, 0) is 18.3 Å². The maximum absolute atomic E-state index is 11.2. The van der Waals surface area contributed by atoms with E-state index in [9.17, 15) is 9.90 Å². The number of aryl methyl sites for hydroxylation is 1. The van der Waals surface area contributed by atoms with E-state index in [0.717, 1.165) is 16.5 Å². The number of aliphatic carboxylic acids is 1. The van der Waals surface area contributed by atoms with E-state index in [4.69, 9.17) is 0 Å². The number of rotatable bonds is 3. The number of hydrogen-bond acceptors (Lipinski definition) is 1. The molecule has 0 spiro atoms. The van der Waals surface area contributed by atoms with Gasteiger partial charge in [-0.25, -0.2) is 0 Å². The molecule has 0 saturated heterocycles. The van der Waals surface area contributed by atoms with Gasteiger partial charge in [-0.15, -0.1) is 0 Å². The second kappa shape index (κ2) is 3.91. The van der Waals surface area contributed by atoms with Crippen LogP contribution in [0.1, 0.15) is 19.4 Å². The molecule has 0 aliphatic carbocycles. The SMILES string of the molecule is Cn1cc(CC(C)(C)C(=O)O)c2ccccc21. The molecule has 1 aromatic heterocycles. The summed E-state index contributed by atoms with van der Waals surface area (Å²) in [6.45, 7) is 3.52. The molecule has 0 bridgehead atoms. The Hall–Kier alpha value is -1.77. The van der Waals surface area contributed by atoms with Crippen LogP contribution in [0.25, 0.3) is 10.9 Å². The first-order valence-corrected chi connectivity index (χ1v) is 5.68. The minimum absolute atomic E-state index is 0.545. The number of benzene rings is 1. The second-order valence-electron chi connectivity index (χ2n) is 5.15. The highest BCUT2D eigenvalue weighted by Gasteiger charge is 2.28. The molecule has 17 heavy (non-hydrogen) atoms. The third kappa shape index (κ3) is 2.05. The van der Waals surface area contributed by atoms with E-state index in [2.05, 4.69) is 0 Å². The van der Waals surface area contributed by atoms with Crippen molar-refractivity contribution >= 4 is 16.9 Å². The number of aromatic nitrogens is 1. The third-order valence-corrected chi connectivity index (χ3v) is 3.19. The Morgan fingerprint density at radius 1 is 1.35 bits per heavy atom. The highest BCUT2D eigenvalue weighted by atomic mass is 16.4. The fourth-order valence-corrected chi connectivity index (χ4v) is 2.12. The highest BCUT2D eigenvalue weighted by molar-refractivity contribution is 5.85. The van der Waals surface area contributed by atoms with Crippen LogP contribution >= 0.6 is 0 Å². The summed E-state index contributed by atoms with van der Waals surface area (Å²) in [4.78, 5) is 11.2. The molecule has 0 aliphatic rings. The van der Waals surface area contributed by atoms with Gasteiger partial charge >= 0.3 is 5.97 Å². The van der Waals surface area contributed by atoms with Crippen LogP contribution in [0.4, 0.5) is 0 Å². The molecule has 2 rings (SSSR count). The largest absolute Gasteiger partial charge is 0.481 e. The van der Waals surface area contributed by atoms with Crippen molar-refractivity contribution in [1.29, 1.82) is 0 Å². The molecule has 0 saturated carbocycles. The number of nitrogens with zero attached hydrogens (tertiary/aromatic N) is 1. The van der Waals surface area contributed by atoms with Gasteiger partial charge in [0.25, 0.3) is 0 Å². The number of hydrogen-bond donors (Lipinski definition) is 1. The van der Waals surface area contributed by atoms with Gasteiger partial charge < -0.3 is 9.67 Å². The first kappa shape index (κ1) is 11.7. The normalized spacial score (nSPS) is 11.9. The summed E-state index contributed by atoms with van der Waals surface area (Å²) in [7, 11) is 1.99. The molecule has 0 radical (unpaired) electrons. The van der Waals surface area contributed by atoms with Crippen LogP contribution in [-0.4, -0.2) is 15.6 Å². The van der Waals surface area contributed by atoms with Crippen LogP contribution in [0.5, 0.6) is 0 Å². The highest BCUT2D eigenvalue weighted by Crippen LogP contribution is 2.28. The lowest BCUT2D eigenvalue weighted by atomic mass is 9.86. The van der Waals surface area contributed by atoms with Gasteiger partial charge in [0.15, 0.2) is 0 Å². The Labute approximate surface area is 101 Å².